The highest BCUT2D eigenvalue weighted by Crippen LogP contribution is 1.80. The zero-order valence-corrected chi connectivity index (χ0v) is 5.90. The van der Waals surface area contributed by atoms with Crippen LogP contribution >= 0.6 is 22.6 Å². The van der Waals surface area contributed by atoms with Crippen LogP contribution in [0.3, 0.4) is 0 Å². The van der Waals surface area contributed by atoms with Crippen molar-refractivity contribution in [3.8, 4) is 0 Å². The molecule has 0 nitrogen and oxygen atoms in total. The molecule has 0 spiro atoms. The summed E-state index contributed by atoms with van der Waals surface area (Å²) in [6, 6.07) is 0. The molecule has 0 atom stereocenters. The van der Waals surface area contributed by atoms with Gasteiger partial charge in [-0.25, -0.2) is 0 Å². The van der Waals surface area contributed by atoms with E-state index in [4.69, 9.17) is 0 Å². The van der Waals surface area contributed by atoms with E-state index in [2.05, 4.69) is 35.2 Å². The Balaban J connectivity index is 3.18. The van der Waals surface area contributed by atoms with Crippen LogP contribution in [0.1, 0.15) is 13.3 Å². The first kappa shape index (κ1) is 6.25. The lowest BCUT2D eigenvalue weighted by molar-refractivity contribution is 1.23. The maximum atomic E-state index is 2.93. The second kappa shape index (κ2) is 5.25. The standard InChI is InChI=1S/C5H7I/c1-2-3-4-5-6/h3,5H,2H2,1H3. The summed E-state index contributed by atoms with van der Waals surface area (Å²) in [6.07, 6.45) is 3.08. The summed E-state index contributed by atoms with van der Waals surface area (Å²) < 4.78 is 1.88. The smallest absolute Gasteiger partial charge is 0.0183 e. The number of hydrogen-bond acceptors (Lipinski definition) is 0. The minimum Gasteiger partial charge on any atom is -0.119 e. The van der Waals surface area contributed by atoms with E-state index >= 15 is 0 Å². The zero-order valence-electron chi connectivity index (χ0n) is 3.74. The topological polar surface area (TPSA) is 0 Å². The maximum Gasteiger partial charge on any atom is 0.0183 e. The van der Waals surface area contributed by atoms with Gasteiger partial charge in [-0.15, -0.1) is 5.73 Å². The summed E-state index contributed by atoms with van der Waals surface area (Å²) in [5, 5.41) is 0. The fourth-order valence-corrected chi connectivity index (χ4v) is 0.417. The van der Waals surface area contributed by atoms with Gasteiger partial charge >= 0.3 is 0 Å². The lowest BCUT2D eigenvalue weighted by Gasteiger charge is -1.61. The van der Waals surface area contributed by atoms with Crippen molar-refractivity contribution in [3.05, 3.63) is 15.9 Å². The van der Waals surface area contributed by atoms with Crippen LogP contribution in [0.15, 0.2) is 15.9 Å². The molecule has 0 rings (SSSR count). The maximum absolute atomic E-state index is 2.93. The Bertz CT molecular complexity index is 68.0. The Morgan fingerprint density at radius 3 is 2.67 bits per heavy atom. The molecule has 0 aromatic heterocycles. The van der Waals surface area contributed by atoms with Crippen LogP contribution in [0.25, 0.3) is 0 Å². The van der Waals surface area contributed by atoms with Crippen molar-refractivity contribution in [1.29, 1.82) is 0 Å². The monoisotopic (exact) mass is 194 g/mol. The Morgan fingerprint density at radius 1 is 1.83 bits per heavy atom. The molecule has 0 amide bonds. The third kappa shape index (κ3) is 4.25. The summed E-state index contributed by atoms with van der Waals surface area (Å²) in [5.41, 5.74) is 2.93. The van der Waals surface area contributed by atoms with Crippen LogP contribution in [0.2, 0.25) is 0 Å². The van der Waals surface area contributed by atoms with Crippen molar-refractivity contribution >= 4 is 22.6 Å². The molecular formula is C5H7I. The van der Waals surface area contributed by atoms with Gasteiger partial charge in [0.15, 0.2) is 0 Å². The minimum atomic E-state index is 1.08. The highest BCUT2D eigenvalue weighted by atomic mass is 127. The molecule has 0 unspecified atom stereocenters. The molecule has 0 saturated heterocycles. The highest BCUT2D eigenvalue weighted by molar-refractivity contribution is 14.1. The summed E-state index contributed by atoms with van der Waals surface area (Å²) >= 11 is 2.14. The van der Waals surface area contributed by atoms with Crippen molar-refractivity contribution in [2.45, 2.75) is 13.3 Å². The van der Waals surface area contributed by atoms with E-state index < -0.39 is 0 Å². The predicted molar refractivity (Wildman–Crippen MR) is 37.0 cm³/mol. The van der Waals surface area contributed by atoms with Gasteiger partial charge in [-0.05, 0) is 35.1 Å². The Kier molecular flexibility index (Phi) is 5.47. The molecule has 0 aromatic rings. The second-order valence-corrected chi connectivity index (χ2v) is 1.51. The van der Waals surface area contributed by atoms with E-state index in [0.717, 1.165) is 6.42 Å². The lowest BCUT2D eigenvalue weighted by atomic mass is 10.5. The molecule has 0 bridgehead atoms. The summed E-state index contributed by atoms with van der Waals surface area (Å²) in [6.45, 7) is 2.09. The van der Waals surface area contributed by atoms with Crippen LogP contribution in [0, 0.1) is 0 Å². The van der Waals surface area contributed by atoms with Gasteiger partial charge in [0.05, 0.1) is 0 Å². The van der Waals surface area contributed by atoms with Gasteiger partial charge in [0.1, 0.15) is 0 Å². The molecule has 0 aliphatic heterocycles. The first-order valence-corrected chi connectivity index (χ1v) is 3.16. The van der Waals surface area contributed by atoms with Crippen LogP contribution < -0.4 is 0 Å². The van der Waals surface area contributed by atoms with Crippen LogP contribution in [0.5, 0.6) is 0 Å². The number of allylic oxidation sites excluding steroid dienone is 1. The van der Waals surface area contributed by atoms with Gasteiger partial charge < -0.3 is 0 Å². The molecule has 0 radical (unpaired) electrons. The van der Waals surface area contributed by atoms with Gasteiger partial charge in [0.2, 0.25) is 0 Å². The van der Waals surface area contributed by atoms with Crippen molar-refractivity contribution in [1.82, 2.24) is 0 Å². The first-order valence-electron chi connectivity index (χ1n) is 1.91. The molecular weight excluding hydrogens is 187 g/mol. The number of rotatable bonds is 1. The predicted octanol–water partition coefficient (Wildman–Crippen LogP) is 2.50. The molecule has 6 heavy (non-hydrogen) atoms. The Morgan fingerprint density at radius 2 is 2.50 bits per heavy atom. The van der Waals surface area contributed by atoms with Crippen molar-refractivity contribution in [3.63, 3.8) is 0 Å². The van der Waals surface area contributed by atoms with E-state index in [0.29, 0.717) is 0 Å². The van der Waals surface area contributed by atoms with Crippen molar-refractivity contribution in [2.24, 2.45) is 0 Å². The van der Waals surface area contributed by atoms with Gasteiger partial charge in [-0.2, -0.15) is 0 Å². The Hall–Kier alpha value is 0.250. The third-order valence-electron chi connectivity index (χ3n) is 0.385. The molecule has 0 aliphatic rings. The van der Waals surface area contributed by atoms with Crippen LogP contribution in [0.4, 0.5) is 0 Å². The highest BCUT2D eigenvalue weighted by Gasteiger charge is 1.52. The zero-order chi connectivity index (χ0) is 4.83. The number of halogens is 1. The van der Waals surface area contributed by atoms with Crippen molar-refractivity contribution < 1.29 is 0 Å². The molecule has 0 N–H and O–H groups in total. The second-order valence-electron chi connectivity index (χ2n) is 0.888. The van der Waals surface area contributed by atoms with Crippen molar-refractivity contribution in [2.75, 3.05) is 0 Å². The van der Waals surface area contributed by atoms with E-state index in [-0.39, 0.29) is 0 Å². The molecule has 0 aromatic carbocycles. The molecule has 0 heterocycles. The van der Waals surface area contributed by atoms with E-state index in [1.165, 1.54) is 0 Å². The van der Waals surface area contributed by atoms with E-state index in [9.17, 15) is 0 Å². The molecule has 0 fully saturated rings. The number of hydrogen-bond donors (Lipinski definition) is 0. The van der Waals surface area contributed by atoms with Gasteiger partial charge in [-0.1, -0.05) is 6.92 Å². The SMILES string of the molecule is CCC=C=CI. The van der Waals surface area contributed by atoms with E-state index in [1.54, 1.807) is 0 Å². The normalized spacial score (nSPS) is 6.33. The molecule has 0 aliphatic carbocycles. The largest absolute Gasteiger partial charge is 0.119 e. The van der Waals surface area contributed by atoms with Crippen LogP contribution in [-0.4, -0.2) is 0 Å². The minimum absolute atomic E-state index is 1.08. The Labute approximate surface area is 52.1 Å². The summed E-state index contributed by atoms with van der Waals surface area (Å²) in [5.74, 6) is 0. The van der Waals surface area contributed by atoms with Gasteiger partial charge in [0.25, 0.3) is 0 Å². The summed E-state index contributed by atoms with van der Waals surface area (Å²) in [7, 11) is 0. The van der Waals surface area contributed by atoms with Gasteiger partial charge in [0, 0.05) is 4.08 Å². The molecule has 34 valence electrons. The lowest BCUT2D eigenvalue weighted by Crippen LogP contribution is -1.40. The molecule has 0 saturated carbocycles. The van der Waals surface area contributed by atoms with Crippen LogP contribution in [-0.2, 0) is 0 Å². The first-order chi connectivity index (χ1) is 2.91. The average Bonchev–Trinajstić information content (AvgIpc) is 1.61. The fraction of sp³-hybridized carbons (Fsp3) is 0.400. The fourth-order valence-electron chi connectivity index (χ4n) is 0.162. The average molecular weight is 194 g/mol. The van der Waals surface area contributed by atoms with Gasteiger partial charge in [-0.3, -0.25) is 0 Å². The molecule has 1 heteroatoms. The summed E-state index contributed by atoms with van der Waals surface area (Å²) in [4.78, 5) is 0. The third-order valence-corrected chi connectivity index (χ3v) is 0.745. The quantitative estimate of drug-likeness (QED) is 0.444. The van der Waals surface area contributed by atoms with E-state index in [1.807, 2.05) is 10.2 Å².